The molecule has 1 saturated heterocycles. The van der Waals surface area contributed by atoms with Gasteiger partial charge in [-0.2, -0.15) is 0 Å². The van der Waals surface area contributed by atoms with Crippen LogP contribution in [0.3, 0.4) is 0 Å². The van der Waals surface area contributed by atoms with Crippen molar-refractivity contribution < 1.29 is 24.2 Å². The molecule has 1 atom stereocenters. The molecule has 0 spiro atoms. The lowest BCUT2D eigenvalue weighted by Crippen LogP contribution is -2.30. The lowest BCUT2D eigenvalue weighted by atomic mass is 9.94. The number of anilines is 1. The molecule has 0 saturated carbocycles. The molecule has 6 heteroatoms. The molecule has 0 radical (unpaired) electrons. The summed E-state index contributed by atoms with van der Waals surface area (Å²) in [7, 11) is 0. The number of Topliss-reactive ketones (excluding diaryl/α,β-unsaturated/α-hetero) is 1. The van der Waals surface area contributed by atoms with Crippen molar-refractivity contribution in [3.63, 3.8) is 0 Å². The fourth-order valence-electron chi connectivity index (χ4n) is 4.66. The summed E-state index contributed by atoms with van der Waals surface area (Å²) in [6.07, 6.45) is 0.730. The number of amides is 1. The molecule has 2 aliphatic heterocycles. The molecule has 172 valence electrons. The van der Waals surface area contributed by atoms with Gasteiger partial charge in [-0.3, -0.25) is 14.5 Å². The van der Waals surface area contributed by atoms with Gasteiger partial charge in [-0.15, -0.1) is 0 Å². The van der Waals surface area contributed by atoms with Crippen LogP contribution in [0.1, 0.15) is 35.2 Å². The van der Waals surface area contributed by atoms with Crippen molar-refractivity contribution in [1.82, 2.24) is 0 Å². The van der Waals surface area contributed by atoms with Gasteiger partial charge >= 0.3 is 0 Å². The van der Waals surface area contributed by atoms with Crippen LogP contribution < -0.4 is 14.4 Å². The maximum absolute atomic E-state index is 13.4. The molecule has 34 heavy (non-hydrogen) atoms. The number of hydrogen-bond acceptors (Lipinski definition) is 5. The van der Waals surface area contributed by atoms with E-state index < -0.39 is 17.7 Å². The second-order valence-corrected chi connectivity index (χ2v) is 8.38. The minimum Gasteiger partial charge on any atom is -0.507 e. The maximum atomic E-state index is 13.4. The van der Waals surface area contributed by atoms with E-state index >= 15 is 0 Å². The predicted molar refractivity (Wildman–Crippen MR) is 129 cm³/mol. The monoisotopic (exact) mass is 455 g/mol. The molecule has 2 heterocycles. The molecule has 1 unspecified atom stereocenters. The van der Waals surface area contributed by atoms with Crippen LogP contribution in [0, 0.1) is 6.92 Å². The number of carbonyl (C=O) groups is 2. The number of nitrogens with zero attached hydrogens (tertiary/aromatic N) is 1. The van der Waals surface area contributed by atoms with Gasteiger partial charge in [0.05, 0.1) is 24.8 Å². The summed E-state index contributed by atoms with van der Waals surface area (Å²) >= 11 is 0. The van der Waals surface area contributed by atoms with E-state index in [-0.39, 0.29) is 11.3 Å². The van der Waals surface area contributed by atoms with Crippen LogP contribution in [0.25, 0.3) is 5.76 Å². The number of ketones is 1. The Kier molecular flexibility index (Phi) is 5.57. The molecule has 3 aromatic rings. The number of fused-ring (bicyclic) bond motifs is 1. The van der Waals surface area contributed by atoms with E-state index in [1.165, 1.54) is 4.90 Å². The summed E-state index contributed by atoms with van der Waals surface area (Å²) in [6, 6.07) is 19.3. The van der Waals surface area contributed by atoms with E-state index in [4.69, 9.17) is 9.47 Å². The first-order valence-electron chi connectivity index (χ1n) is 11.3. The summed E-state index contributed by atoms with van der Waals surface area (Å²) in [5, 5.41) is 11.4. The summed E-state index contributed by atoms with van der Waals surface area (Å²) in [5.41, 5.74) is 3.66. The fourth-order valence-corrected chi connectivity index (χ4v) is 4.66. The van der Waals surface area contributed by atoms with Gasteiger partial charge in [0.25, 0.3) is 11.7 Å². The highest BCUT2D eigenvalue weighted by atomic mass is 16.5. The Hall–Kier alpha value is -4.06. The quantitative estimate of drug-likeness (QED) is 0.335. The minimum absolute atomic E-state index is 0.0563. The third kappa shape index (κ3) is 3.61. The first-order valence-corrected chi connectivity index (χ1v) is 11.3. The van der Waals surface area contributed by atoms with Crippen LogP contribution in [0.2, 0.25) is 0 Å². The topological polar surface area (TPSA) is 76.1 Å². The normalized spacial score (nSPS) is 18.6. The number of aliphatic hydroxyl groups excluding tert-OH is 1. The number of carbonyl (C=O) groups excluding carboxylic acids is 2. The van der Waals surface area contributed by atoms with E-state index in [9.17, 15) is 14.7 Å². The lowest BCUT2D eigenvalue weighted by Gasteiger charge is -2.27. The van der Waals surface area contributed by atoms with Gasteiger partial charge in [0.2, 0.25) is 0 Å². The third-order valence-electron chi connectivity index (χ3n) is 6.27. The number of para-hydroxylation sites is 1. The van der Waals surface area contributed by atoms with Gasteiger partial charge in [0.15, 0.2) is 0 Å². The molecule has 3 aromatic carbocycles. The number of ether oxygens (including phenoxy) is 2. The zero-order valence-electron chi connectivity index (χ0n) is 19.1. The fraction of sp³-hybridized carbons (Fsp3) is 0.214. The number of rotatable bonds is 5. The number of aliphatic hydroxyl groups is 1. The number of aryl methyl sites for hydroxylation is 1. The van der Waals surface area contributed by atoms with Gasteiger partial charge in [0.1, 0.15) is 17.3 Å². The van der Waals surface area contributed by atoms with Crippen molar-refractivity contribution in [2.75, 3.05) is 18.1 Å². The average molecular weight is 456 g/mol. The van der Waals surface area contributed by atoms with Crippen LogP contribution in [0.15, 0.2) is 72.3 Å². The van der Waals surface area contributed by atoms with Crippen LogP contribution in [0.5, 0.6) is 11.5 Å². The summed E-state index contributed by atoms with van der Waals surface area (Å²) in [5.74, 6) is -0.185. The molecule has 5 rings (SSSR count). The molecule has 0 aromatic heterocycles. The largest absolute Gasteiger partial charge is 0.507 e. The molecular formula is C28H25NO5. The second-order valence-electron chi connectivity index (χ2n) is 8.38. The van der Waals surface area contributed by atoms with Crippen LogP contribution in [-0.4, -0.2) is 30.0 Å². The first kappa shape index (κ1) is 21.8. The van der Waals surface area contributed by atoms with E-state index in [2.05, 4.69) is 0 Å². The first-order chi connectivity index (χ1) is 16.5. The zero-order valence-corrected chi connectivity index (χ0v) is 19.1. The molecule has 6 nitrogen and oxygen atoms in total. The van der Waals surface area contributed by atoms with E-state index in [0.29, 0.717) is 35.8 Å². The molecule has 0 aliphatic carbocycles. The van der Waals surface area contributed by atoms with Crippen LogP contribution in [0.4, 0.5) is 5.69 Å². The van der Waals surface area contributed by atoms with Crippen LogP contribution >= 0.6 is 0 Å². The summed E-state index contributed by atoms with van der Waals surface area (Å²) in [6.45, 7) is 4.85. The zero-order chi connectivity index (χ0) is 23.8. The van der Waals surface area contributed by atoms with Crippen LogP contribution in [-0.2, 0) is 16.0 Å². The van der Waals surface area contributed by atoms with E-state index in [1.807, 2.05) is 68.4 Å². The van der Waals surface area contributed by atoms with Crippen molar-refractivity contribution in [1.29, 1.82) is 0 Å². The Balaban J connectivity index is 1.72. The maximum Gasteiger partial charge on any atom is 0.300 e. The summed E-state index contributed by atoms with van der Waals surface area (Å²) in [4.78, 5) is 28.2. The van der Waals surface area contributed by atoms with Gasteiger partial charge < -0.3 is 14.6 Å². The predicted octanol–water partition coefficient (Wildman–Crippen LogP) is 4.95. The molecule has 1 amide bonds. The number of hydrogen-bond donors (Lipinski definition) is 1. The Morgan fingerprint density at radius 3 is 2.71 bits per heavy atom. The van der Waals surface area contributed by atoms with Gasteiger partial charge in [-0.05, 0) is 66.9 Å². The van der Waals surface area contributed by atoms with Crippen molar-refractivity contribution in [2.24, 2.45) is 0 Å². The standard InChI is InChI=1S/C28H25NO5/c1-3-33-21-9-6-8-19(16-21)25-24(26(30)20-11-12-23-18(15-20)13-14-34-23)27(31)28(32)29(25)22-10-5-4-7-17(22)2/h4-12,15-16,25,30H,3,13-14H2,1-2H3/b26-24-. The Labute approximate surface area is 198 Å². The second kappa shape index (κ2) is 8.71. The van der Waals surface area contributed by atoms with Gasteiger partial charge in [0, 0.05) is 17.7 Å². The van der Waals surface area contributed by atoms with Gasteiger partial charge in [-0.25, -0.2) is 0 Å². The van der Waals surface area contributed by atoms with Crippen molar-refractivity contribution in [3.05, 3.63) is 94.6 Å². The molecule has 1 N–H and O–H groups in total. The van der Waals surface area contributed by atoms with Gasteiger partial charge in [-0.1, -0.05) is 30.3 Å². The smallest absolute Gasteiger partial charge is 0.300 e. The Morgan fingerprint density at radius 2 is 1.91 bits per heavy atom. The lowest BCUT2D eigenvalue weighted by molar-refractivity contribution is -0.132. The van der Waals surface area contributed by atoms with E-state index in [1.54, 1.807) is 12.1 Å². The third-order valence-corrected chi connectivity index (χ3v) is 6.27. The van der Waals surface area contributed by atoms with E-state index in [0.717, 1.165) is 23.3 Å². The van der Waals surface area contributed by atoms with Crippen molar-refractivity contribution >= 4 is 23.1 Å². The SMILES string of the molecule is CCOc1cccc(C2/C(=C(/O)c3ccc4c(c3)CCO4)C(=O)C(=O)N2c2ccccc2C)c1. The number of benzene rings is 3. The van der Waals surface area contributed by atoms with Crippen molar-refractivity contribution in [3.8, 4) is 11.5 Å². The molecule has 2 aliphatic rings. The summed E-state index contributed by atoms with van der Waals surface area (Å²) < 4.78 is 11.2. The average Bonchev–Trinajstić information content (AvgIpc) is 3.41. The Morgan fingerprint density at radius 1 is 1.09 bits per heavy atom. The molecule has 0 bridgehead atoms. The highest BCUT2D eigenvalue weighted by Gasteiger charge is 2.47. The highest BCUT2D eigenvalue weighted by molar-refractivity contribution is 6.51. The van der Waals surface area contributed by atoms with Crippen molar-refractivity contribution in [2.45, 2.75) is 26.3 Å². The highest BCUT2D eigenvalue weighted by Crippen LogP contribution is 2.44. The minimum atomic E-state index is -0.800. The Bertz CT molecular complexity index is 1330. The molecule has 1 fully saturated rings. The molecular weight excluding hydrogens is 430 g/mol.